The van der Waals surface area contributed by atoms with E-state index in [0.717, 1.165) is 0 Å². The van der Waals surface area contributed by atoms with Crippen LogP contribution in [0, 0.1) is 0 Å². The van der Waals surface area contributed by atoms with Crippen LogP contribution in [0.25, 0.3) is 0 Å². The average Bonchev–Trinajstić information content (AvgIpc) is 3.32. The Labute approximate surface area is 122 Å². The van der Waals surface area contributed by atoms with Crippen LogP contribution in [0.5, 0.6) is 0 Å². The molecular formula is C17H14O4. The fourth-order valence-electron chi connectivity index (χ4n) is 2.47. The molecule has 21 heavy (non-hydrogen) atoms. The summed E-state index contributed by atoms with van der Waals surface area (Å²) in [7, 11) is 1.29. The van der Waals surface area contributed by atoms with Crippen LogP contribution in [0.15, 0.2) is 60.7 Å². The van der Waals surface area contributed by atoms with Crippen LogP contribution in [0.4, 0.5) is 0 Å². The monoisotopic (exact) mass is 282 g/mol. The highest BCUT2D eigenvalue weighted by molar-refractivity contribution is 6.07. The first-order valence-corrected chi connectivity index (χ1v) is 6.61. The van der Waals surface area contributed by atoms with E-state index in [1.807, 2.05) is 12.1 Å². The van der Waals surface area contributed by atoms with E-state index in [2.05, 4.69) is 0 Å². The summed E-state index contributed by atoms with van der Waals surface area (Å²) < 4.78 is 10.4. The van der Waals surface area contributed by atoms with Crippen molar-refractivity contribution in [3.8, 4) is 0 Å². The van der Waals surface area contributed by atoms with Gasteiger partial charge in [-0.05, 0) is 5.56 Å². The van der Waals surface area contributed by atoms with E-state index in [9.17, 15) is 9.59 Å². The number of rotatable bonds is 4. The number of methoxy groups -OCH3 is 1. The van der Waals surface area contributed by atoms with Gasteiger partial charge in [0.15, 0.2) is 11.9 Å². The van der Waals surface area contributed by atoms with Crippen LogP contribution in [-0.4, -0.2) is 25.0 Å². The van der Waals surface area contributed by atoms with Crippen molar-refractivity contribution in [1.29, 1.82) is 0 Å². The Balaban J connectivity index is 1.96. The number of esters is 1. The van der Waals surface area contributed by atoms with Gasteiger partial charge in [-0.2, -0.15) is 0 Å². The highest BCUT2D eigenvalue weighted by Gasteiger charge is 2.68. The molecule has 4 heteroatoms. The zero-order valence-electron chi connectivity index (χ0n) is 11.5. The lowest BCUT2D eigenvalue weighted by molar-refractivity contribution is -0.147. The fraction of sp³-hybridized carbons (Fsp3) is 0.176. The molecule has 1 saturated heterocycles. The normalized spacial score (nSPS) is 23.4. The minimum Gasteiger partial charge on any atom is -0.467 e. The van der Waals surface area contributed by atoms with E-state index < -0.39 is 17.7 Å². The van der Waals surface area contributed by atoms with E-state index >= 15 is 0 Å². The Morgan fingerprint density at radius 1 is 1.00 bits per heavy atom. The molecule has 2 aromatic rings. The molecule has 0 saturated carbocycles. The molecule has 1 aliphatic rings. The molecule has 0 N–H and O–H groups in total. The van der Waals surface area contributed by atoms with Crippen LogP contribution in [0.3, 0.4) is 0 Å². The molecule has 106 valence electrons. The molecule has 0 amide bonds. The number of epoxide rings is 1. The van der Waals surface area contributed by atoms with Gasteiger partial charge in [0.1, 0.15) is 0 Å². The van der Waals surface area contributed by atoms with Crippen molar-refractivity contribution in [2.75, 3.05) is 7.11 Å². The molecule has 1 heterocycles. The Kier molecular flexibility index (Phi) is 3.31. The van der Waals surface area contributed by atoms with Crippen molar-refractivity contribution in [3.05, 3.63) is 71.8 Å². The number of ketones is 1. The van der Waals surface area contributed by atoms with Crippen LogP contribution in [-0.2, 0) is 19.9 Å². The lowest BCUT2D eigenvalue weighted by Gasteiger charge is -2.10. The first kappa shape index (κ1) is 13.5. The van der Waals surface area contributed by atoms with E-state index in [1.165, 1.54) is 7.11 Å². The van der Waals surface area contributed by atoms with E-state index in [-0.39, 0.29) is 5.78 Å². The van der Waals surface area contributed by atoms with Crippen LogP contribution < -0.4 is 0 Å². The van der Waals surface area contributed by atoms with E-state index in [4.69, 9.17) is 9.47 Å². The Hall–Kier alpha value is -2.46. The van der Waals surface area contributed by atoms with Gasteiger partial charge in [0.2, 0.25) is 5.60 Å². The summed E-state index contributed by atoms with van der Waals surface area (Å²) in [5.41, 5.74) is -0.168. The maximum absolute atomic E-state index is 12.5. The van der Waals surface area contributed by atoms with Crippen molar-refractivity contribution < 1.29 is 19.1 Å². The number of ether oxygens (including phenoxy) is 2. The lowest BCUT2D eigenvalue weighted by atomic mass is 9.91. The van der Waals surface area contributed by atoms with E-state index in [0.29, 0.717) is 11.1 Å². The minimum absolute atomic E-state index is 0.218. The molecule has 4 nitrogen and oxygen atoms in total. The van der Waals surface area contributed by atoms with Gasteiger partial charge in [-0.15, -0.1) is 0 Å². The molecule has 1 aliphatic heterocycles. The molecule has 0 radical (unpaired) electrons. The van der Waals surface area contributed by atoms with E-state index in [1.54, 1.807) is 48.5 Å². The van der Waals surface area contributed by atoms with Gasteiger partial charge >= 0.3 is 5.97 Å². The van der Waals surface area contributed by atoms with Gasteiger partial charge in [-0.25, -0.2) is 4.79 Å². The molecular weight excluding hydrogens is 268 g/mol. The number of hydrogen-bond donors (Lipinski definition) is 0. The van der Waals surface area contributed by atoms with Gasteiger partial charge in [-0.3, -0.25) is 4.79 Å². The predicted octanol–water partition coefficient (Wildman–Crippen LogP) is 2.34. The third kappa shape index (κ3) is 2.14. The van der Waals surface area contributed by atoms with Crippen molar-refractivity contribution >= 4 is 11.8 Å². The second-order valence-corrected chi connectivity index (χ2v) is 4.82. The number of hydrogen-bond acceptors (Lipinski definition) is 4. The summed E-state index contributed by atoms with van der Waals surface area (Å²) in [4.78, 5) is 24.6. The maximum atomic E-state index is 12.5. The first-order valence-electron chi connectivity index (χ1n) is 6.61. The fourth-order valence-corrected chi connectivity index (χ4v) is 2.47. The molecule has 0 aliphatic carbocycles. The Morgan fingerprint density at radius 2 is 1.57 bits per heavy atom. The summed E-state index contributed by atoms with van der Waals surface area (Å²) in [6, 6.07) is 17.7. The standard InChI is InChI=1S/C17H14O4/c1-20-16(19)17(13-10-6-3-7-11-13)15(21-17)14(18)12-8-4-2-5-9-12/h2-11,15H,1H3/t15-,17-/m1/s1. The lowest BCUT2D eigenvalue weighted by Crippen LogP contribution is -2.29. The largest absolute Gasteiger partial charge is 0.467 e. The quantitative estimate of drug-likeness (QED) is 0.490. The van der Waals surface area contributed by atoms with Crippen molar-refractivity contribution in [2.45, 2.75) is 11.7 Å². The Bertz CT molecular complexity index is 666. The molecule has 1 fully saturated rings. The number of carbonyl (C=O) groups is 2. The van der Waals surface area contributed by atoms with Gasteiger partial charge in [0.05, 0.1) is 7.11 Å². The summed E-state index contributed by atoms with van der Waals surface area (Å²) >= 11 is 0. The molecule has 3 rings (SSSR count). The number of Topliss-reactive ketones (excluding diaryl/α,β-unsaturated/α-hetero) is 1. The number of carbonyl (C=O) groups excluding carboxylic acids is 2. The smallest absolute Gasteiger partial charge is 0.346 e. The van der Waals surface area contributed by atoms with Crippen molar-refractivity contribution in [2.24, 2.45) is 0 Å². The summed E-state index contributed by atoms with van der Waals surface area (Å²) in [5, 5.41) is 0. The molecule has 2 atom stereocenters. The topological polar surface area (TPSA) is 55.9 Å². The maximum Gasteiger partial charge on any atom is 0.346 e. The predicted molar refractivity (Wildman–Crippen MR) is 75.8 cm³/mol. The summed E-state index contributed by atoms with van der Waals surface area (Å²) in [5.74, 6) is -0.771. The highest BCUT2D eigenvalue weighted by atomic mass is 16.7. The molecule has 2 aromatic carbocycles. The molecule has 0 spiro atoms. The summed E-state index contributed by atoms with van der Waals surface area (Å²) in [6.07, 6.45) is -0.838. The third-order valence-corrected chi connectivity index (χ3v) is 3.60. The number of benzene rings is 2. The van der Waals surface area contributed by atoms with Crippen molar-refractivity contribution in [1.82, 2.24) is 0 Å². The van der Waals surface area contributed by atoms with Gasteiger partial charge < -0.3 is 9.47 Å². The zero-order chi connectivity index (χ0) is 14.9. The van der Waals surface area contributed by atoms with Gasteiger partial charge in [0.25, 0.3) is 0 Å². The van der Waals surface area contributed by atoms with Crippen LogP contribution in [0.2, 0.25) is 0 Å². The molecule has 0 unspecified atom stereocenters. The molecule has 0 aromatic heterocycles. The van der Waals surface area contributed by atoms with Crippen LogP contribution in [0.1, 0.15) is 15.9 Å². The average molecular weight is 282 g/mol. The van der Waals surface area contributed by atoms with Crippen molar-refractivity contribution in [3.63, 3.8) is 0 Å². The SMILES string of the molecule is COC(=O)[C@]1(c2ccccc2)O[C@@H]1C(=O)c1ccccc1. The second-order valence-electron chi connectivity index (χ2n) is 4.82. The summed E-state index contributed by atoms with van der Waals surface area (Å²) in [6.45, 7) is 0. The minimum atomic E-state index is -1.32. The first-order chi connectivity index (χ1) is 10.2. The van der Waals surface area contributed by atoms with Gasteiger partial charge in [-0.1, -0.05) is 60.7 Å². The zero-order valence-corrected chi connectivity index (χ0v) is 11.5. The highest BCUT2D eigenvalue weighted by Crippen LogP contribution is 2.48. The van der Waals surface area contributed by atoms with Crippen LogP contribution >= 0.6 is 0 Å². The molecule has 0 bridgehead atoms. The van der Waals surface area contributed by atoms with Gasteiger partial charge in [0, 0.05) is 5.56 Å². The Morgan fingerprint density at radius 3 is 2.14 bits per heavy atom. The second kappa shape index (κ2) is 5.14. The third-order valence-electron chi connectivity index (χ3n) is 3.60.